The predicted molar refractivity (Wildman–Crippen MR) is 70.8 cm³/mol. The molecule has 6 heteroatoms. The molecule has 0 bridgehead atoms. The monoisotopic (exact) mass is 262 g/mol. The van der Waals surface area contributed by atoms with E-state index in [0.717, 1.165) is 4.57 Å². The van der Waals surface area contributed by atoms with Gasteiger partial charge in [0.05, 0.1) is 19.9 Å². The van der Waals surface area contributed by atoms with Gasteiger partial charge in [-0.25, -0.2) is 4.79 Å². The van der Waals surface area contributed by atoms with Crippen LogP contribution in [0, 0.1) is 0 Å². The van der Waals surface area contributed by atoms with Gasteiger partial charge in [0.25, 0.3) is 5.56 Å². The first-order chi connectivity index (χ1) is 9.06. The molecule has 0 spiro atoms. The van der Waals surface area contributed by atoms with Crippen LogP contribution in [0.15, 0.2) is 33.9 Å². The van der Waals surface area contributed by atoms with Crippen LogP contribution in [0.1, 0.15) is 0 Å². The molecule has 0 aliphatic rings. The number of benzene rings is 1. The van der Waals surface area contributed by atoms with Crippen LogP contribution in [0.4, 0.5) is 0 Å². The molecule has 0 radical (unpaired) electrons. The number of rotatable bonds is 3. The molecule has 2 rings (SSSR count). The van der Waals surface area contributed by atoms with E-state index in [4.69, 9.17) is 9.47 Å². The maximum absolute atomic E-state index is 11.6. The van der Waals surface area contributed by atoms with E-state index in [1.807, 2.05) is 0 Å². The Labute approximate surface area is 109 Å². The molecule has 0 saturated carbocycles. The minimum Gasteiger partial charge on any atom is -0.493 e. The maximum Gasteiger partial charge on any atom is 0.328 e. The molecule has 1 aromatic carbocycles. The van der Waals surface area contributed by atoms with E-state index in [-0.39, 0.29) is 5.56 Å². The lowest BCUT2D eigenvalue weighted by molar-refractivity contribution is 0.355. The summed E-state index contributed by atoms with van der Waals surface area (Å²) < 4.78 is 11.3. The Bertz CT molecular complexity index is 684. The number of hydrogen-bond acceptors (Lipinski definition) is 4. The van der Waals surface area contributed by atoms with Crippen LogP contribution < -0.4 is 20.7 Å². The summed E-state index contributed by atoms with van der Waals surface area (Å²) in [5.41, 5.74) is 0.285. The number of hydrogen-bond donors (Lipinski definition) is 1. The molecule has 1 aromatic heterocycles. The highest BCUT2D eigenvalue weighted by atomic mass is 16.5. The average Bonchev–Trinajstić information content (AvgIpc) is 2.43. The summed E-state index contributed by atoms with van der Waals surface area (Å²) in [5, 5.41) is 0. The lowest BCUT2D eigenvalue weighted by atomic mass is 10.1. The summed E-state index contributed by atoms with van der Waals surface area (Å²) >= 11 is 0. The van der Waals surface area contributed by atoms with Crippen LogP contribution in [0.3, 0.4) is 0 Å². The quantitative estimate of drug-likeness (QED) is 0.886. The van der Waals surface area contributed by atoms with E-state index in [0.29, 0.717) is 22.8 Å². The number of H-pyrrole nitrogens is 1. The number of aromatic amines is 1. The molecule has 0 fully saturated rings. The maximum atomic E-state index is 11.6. The van der Waals surface area contributed by atoms with Crippen LogP contribution in [-0.4, -0.2) is 23.8 Å². The Morgan fingerprint density at radius 1 is 1.05 bits per heavy atom. The van der Waals surface area contributed by atoms with Gasteiger partial charge in [-0.2, -0.15) is 0 Å². The third-order valence-corrected chi connectivity index (χ3v) is 2.84. The molecule has 100 valence electrons. The van der Waals surface area contributed by atoms with Gasteiger partial charge in [-0.05, 0) is 18.2 Å². The molecule has 0 aliphatic carbocycles. The van der Waals surface area contributed by atoms with Crippen molar-refractivity contribution in [2.75, 3.05) is 14.2 Å². The van der Waals surface area contributed by atoms with Crippen molar-refractivity contribution < 1.29 is 9.47 Å². The number of ether oxygens (including phenoxy) is 2. The van der Waals surface area contributed by atoms with Crippen molar-refractivity contribution in [3.8, 4) is 22.8 Å². The van der Waals surface area contributed by atoms with Gasteiger partial charge in [-0.3, -0.25) is 9.36 Å². The normalized spacial score (nSPS) is 10.3. The van der Waals surface area contributed by atoms with E-state index in [2.05, 4.69) is 4.98 Å². The lowest BCUT2D eigenvalue weighted by Gasteiger charge is -2.09. The van der Waals surface area contributed by atoms with Gasteiger partial charge in [0, 0.05) is 18.7 Å². The van der Waals surface area contributed by atoms with Crippen molar-refractivity contribution in [2.24, 2.45) is 7.05 Å². The van der Waals surface area contributed by atoms with Crippen molar-refractivity contribution in [2.45, 2.75) is 0 Å². The van der Waals surface area contributed by atoms with E-state index in [1.165, 1.54) is 27.3 Å². The highest BCUT2D eigenvalue weighted by Gasteiger charge is 2.08. The zero-order chi connectivity index (χ0) is 14.0. The fraction of sp³-hybridized carbons (Fsp3) is 0.231. The van der Waals surface area contributed by atoms with Crippen molar-refractivity contribution in [1.29, 1.82) is 0 Å². The van der Waals surface area contributed by atoms with Crippen LogP contribution in [-0.2, 0) is 7.05 Å². The molecule has 2 aromatic rings. The molecule has 1 N–H and O–H groups in total. The lowest BCUT2D eigenvalue weighted by Crippen LogP contribution is -2.32. The van der Waals surface area contributed by atoms with Crippen LogP contribution in [0.2, 0.25) is 0 Å². The van der Waals surface area contributed by atoms with Crippen LogP contribution in [0.25, 0.3) is 11.3 Å². The standard InChI is InChI=1S/C13H14N2O4/c1-15-12(16)7-9(14-13(15)17)8-4-5-10(18-2)11(6-8)19-3/h4-7H,1-3H3,(H,14,17). The van der Waals surface area contributed by atoms with Crippen LogP contribution >= 0.6 is 0 Å². The summed E-state index contributed by atoms with van der Waals surface area (Å²) in [6.45, 7) is 0. The molecule has 0 saturated heterocycles. The number of aromatic nitrogens is 2. The van der Waals surface area contributed by atoms with E-state index >= 15 is 0 Å². The third-order valence-electron chi connectivity index (χ3n) is 2.84. The molecule has 0 amide bonds. The second-order valence-electron chi connectivity index (χ2n) is 3.96. The molecule has 0 aliphatic heterocycles. The minimum atomic E-state index is -0.461. The van der Waals surface area contributed by atoms with Crippen molar-refractivity contribution >= 4 is 0 Å². The number of methoxy groups -OCH3 is 2. The Balaban J connectivity index is 2.60. The van der Waals surface area contributed by atoms with Crippen molar-refractivity contribution in [1.82, 2.24) is 9.55 Å². The SMILES string of the molecule is COc1ccc(-c2cc(=O)n(C)c(=O)[nH]2)cc1OC. The topological polar surface area (TPSA) is 73.3 Å². The van der Waals surface area contributed by atoms with Crippen molar-refractivity contribution in [3.05, 3.63) is 45.1 Å². The molecular formula is C13H14N2O4. The van der Waals surface area contributed by atoms with E-state index in [9.17, 15) is 9.59 Å². The van der Waals surface area contributed by atoms with Crippen LogP contribution in [0.5, 0.6) is 11.5 Å². The summed E-state index contributed by atoms with van der Waals surface area (Å²) in [4.78, 5) is 25.8. The molecule has 19 heavy (non-hydrogen) atoms. The number of nitrogens with one attached hydrogen (secondary N) is 1. The second kappa shape index (κ2) is 5.01. The zero-order valence-electron chi connectivity index (χ0n) is 10.9. The Kier molecular flexibility index (Phi) is 3.41. The first kappa shape index (κ1) is 12.9. The molecule has 1 heterocycles. The summed E-state index contributed by atoms with van der Waals surface area (Å²) in [5.74, 6) is 1.11. The van der Waals surface area contributed by atoms with Crippen molar-refractivity contribution in [3.63, 3.8) is 0 Å². The van der Waals surface area contributed by atoms with Gasteiger partial charge in [-0.1, -0.05) is 0 Å². The summed E-state index contributed by atoms with van der Waals surface area (Å²) in [6, 6.07) is 6.52. The first-order valence-corrected chi connectivity index (χ1v) is 5.59. The zero-order valence-corrected chi connectivity index (χ0v) is 10.9. The largest absolute Gasteiger partial charge is 0.493 e. The van der Waals surface area contributed by atoms with E-state index in [1.54, 1.807) is 18.2 Å². The van der Waals surface area contributed by atoms with Gasteiger partial charge in [0.15, 0.2) is 11.5 Å². The highest BCUT2D eigenvalue weighted by Crippen LogP contribution is 2.30. The molecule has 0 unspecified atom stereocenters. The fourth-order valence-electron chi connectivity index (χ4n) is 1.71. The minimum absolute atomic E-state index is 0.367. The molecular weight excluding hydrogens is 248 g/mol. The average molecular weight is 262 g/mol. The smallest absolute Gasteiger partial charge is 0.328 e. The molecule has 6 nitrogen and oxygen atoms in total. The Morgan fingerprint density at radius 3 is 2.32 bits per heavy atom. The Hall–Kier alpha value is -2.50. The summed E-state index contributed by atoms with van der Waals surface area (Å²) in [6.07, 6.45) is 0. The van der Waals surface area contributed by atoms with Gasteiger partial charge < -0.3 is 14.5 Å². The Morgan fingerprint density at radius 2 is 1.74 bits per heavy atom. The van der Waals surface area contributed by atoms with Gasteiger partial charge >= 0.3 is 5.69 Å². The first-order valence-electron chi connectivity index (χ1n) is 5.59. The summed E-state index contributed by atoms with van der Waals surface area (Å²) in [7, 11) is 4.48. The van der Waals surface area contributed by atoms with Gasteiger partial charge in [-0.15, -0.1) is 0 Å². The van der Waals surface area contributed by atoms with Gasteiger partial charge in [0.1, 0.15) is 0 Å². The highest BCUT2D eigenvalue weighted by molar-refractivity contribution is 5.63. The predicted octanol–water partition coefficient (Wildman–Crippen LogP) is 0.758. The second-order valence-corrected chi connectivity index (χ2v) is 3.96. The van der Waals surface area contributed by atoms with Gasteiger partial charge in [0.2, 0.25) is 0 Å². The van der Waals surface area contributed by atoms with E-state index < -0.39 is 5.69 Å². The third kappa shape index (κ3) is 2.37. The molecule has 0 atom stereocenters. The number of nitrogens with zero attached hydrogens (tertiary/aromatic N) is 1. The fourth-order valence-corrected chi connectivity index (χ4v) is 1.71.